The largest absolute Gasteiger partial charge is 0.516 e. The highest BCUT2D eigenvalue weighted by atomic mass is 32.2. The van der Waals surface area contributed by atoms with Crippen molar-refractivity contribution in [2.24, 2.45) is 13.0 Å². The molecule has 39 heavy (non-hydrogen) atoms. The maximum absolute atomic E-state index is 12.9. The van der Waals surface area contributed by atoms with Crippen LogP contribution in [-0.2, 0) is 29.9 Å². The number of rotatable bonds is 6. The van der Waals surface area contributed by atoms with Gasteiger partial charge in [0, 0.05) is 47.7 Å². The molecule has 206 valence electrons. The molecule has 11 heteroatoms. The van der Waals surface area contributed by atoms with Crippen LogP contribution in [0.1, 0.15) is 25.1 Å². The molecule has 1 atom stereocenters. The minimum atomic E-state index is -5.54. The Labute approximate surface area is 225 Å². The van der Waals surface area contributed by atoms with Crippen molar-refractivity contribution in [3.63, 3.8) is 0 Å². The van der Waals surface area contributed by atoms with Gasteiger partial charge in [-0.2, -0.15) is 26.7 Å². The first kappa shape index (κ1) is 28.2. The van der Waals surface area contributed by atoms with Crippen LogP contribution in [0, 0.1) is 5.92 Å². The standard InChI is InChI=1S/C26H23F3N4O3S.C2H6/c1-33-15-21(14-31-33)20-8-9-22(30-13-20)11-17-10-19-7-6-18(12-25(19)36-16-17)23-4-2-3-5-24(23)32-37(34,35)26(27,28)29;1-2/h2-9,12-15,17,32H,10-11,16H2,1H3;1-2H3/t17-;/m0./s1. The number of alkyl halides is 3. The van der Waals surface area contributed by atoms with Crippen LogP contribution in [0.3, 0.4) is 0 Å². The van der Waals surface area contributed by atoms with Crippen molar-refractivity contribution in [3.05, 3.63) is 84.4 Å². The highest BCUT2D eigenvalue weighted by Gasteiger charge is 2.46. The maximum atomic E-state index is 12.9. The van der Waals surface area contributed by atoms with Gasteiger partial charge >= 0.3 is 15.5 Å². The van der Waals surface area contributed by atoms with E-state index in [0.29, 0.717) is 23.5 Å². The van der Waals surface area contributed by atoms with E-state index in [9.17, 15) is 21.6 Å². The first-order valence-electron chi connectivity index (χ1n) is 12.5. The molecule has 0 aliphatic carbocycles. The lowest BCUT2D eigenvalue weighted by molar-refractivity contribution is -0.0429. The van der Waals surface area contributed by atoms with Crippen molar-refractivity contribution in [2.45, 2.75) is 32.2 Å². The summed E-state index contributed by atoms with van der Waals surface area (Å²) >= 11 is 0. The predicted molar refractivity (Wildman–Crippen MR) is 145 cm³/mol. The highest BCUT2D eigenvalue weighted by Crippen LogP contribution is 2.37. The lowest BCUT2D eigenvalue weighted by Gasteiger charge is -2.26. The Bertz CT molecular complexity index is 1530. The van der Waals surface area contributed by atoms with E-state index in [1.54, 1.807) is 39.9 Å². The van der Waals surface area contributed by atoms with Gasteiger partial charge in [-0.05, 0) is 42.2 Å². The molecular formula is C28H29F3N4O3S. The number of pyridine rings is 1. The van der Waals surface area contributed by atoms with Crippen molar-refractivity contribution in [1.29, 1.82) is 0 Å². The van der Waals surface area contributed by atoms with Crippen LogP contribution in [-0.4, -0.2) is 35.3 Å². The molecule has 7 nitrogen and oxygen atoms in total. The molecule has 0 unspecified atom stereocenters. The Morgan fingerprint density at radius 1 is 1.03 bits per heavy atom. The van der Waals surface area contributed by atoms with Crippen molar-refractivity contribution >= 4 is 15.7 Å². The van der Waals surface area contributed by atoms with Crippen molar-refractivity contribution in [3.8, 4) is 28.0 Å². The SMILES string of the molecule is CC.Cn1cc(-c2ccc(C[C@H]3COc4cc(-c5ccccc5NS(=O)(=O)C(F)(F)F)ccc4C3)nc2)cn1. The number of sulfonamides is 1. The van der Waals surface area contributed by atoms with Crippen LogP contribution < -0.4 is 9.46 Å². The van der Waals surface area contributed by atoms with Gasteiger partial charge in [-0.3, -0.25) is 14.4 Å². The number of para-hydroxylation sites is 1. The minimum Gasteiger partial charge on any atom is -0.493 e. The highest BCUT2D eigenvalue weighted by molar-refractivity contribution is 7.93. The molecule has 1 aliphatic rings. The Morgan fingerprint density at radius 2 is 1.77 bits per heavy atom. The Hall–Kier alpha value is -3.86. The van der Waals surface area contributed by atoms with E-state index in [0.717, 1.165) is 35.2 Å². The second-order valence-electron chi connectivity index (χ2n) is 8.95. The number of ether oxygens (including phenoxy) is 1. The van der Waals surface area contributed by atoms with Crippen LogP contribution in [0.4, 0.5) is 18.9 Å². The van der Waals surface area contributed by atoms with Gasteiger partial charge in [-0.15, -0.1) is 0 Å². The number of fused-ring (bicyclic) bond motifs is 1. The first-order chi connectivity index (χ1) is 18.6. The molecule has 0 saturated heterocycles. The molecule has 0 bridgehead atoms. The average molecular weight is 559 g/mol. The number of halogens is 3. The molecule has 0 fully saturated rings. The second kappa shape index (κ2) is 11.5. The normalized spacial score (nSPS) is 15.0. The van der Waals surface area contributed by atoms with Crippen LogP contribution in [0.5, 0.6) is 5.75 Å². The van der Waals surface area contributed by atoms with Gasteiger partial charge in [-0.25, -0.2) is 0 Å². The van der Waals surface area contributed by atoms with Gasteiger partial charge < -0.3 is 4.74 Å². The van der Waals surface area contributed by atoms with Crippen LogP contribution in [0.2, 0.25) is 0 Å². The van der Waals surface area contributed by atoms with Crippen molar-refractivity contribution in [2.75, 3.05) is 11.3 Å². The van der Waals surface area contributed by atoms with E-state index in [-0.39, 0.29) is 11.6 Å². The van der Waals surface area contributed by atoms with E-state index < -0.39 is 15.5 Å². The number of nitrogens with one attached hydrogen (secondary N) is 1. The summed E-state index contributed by atoms with van der Waals surface area (Å²) in [4.78, 5) is 4.60. The number of hydrogen-bond acceptors (Lipinski definition) is 5. The number of benzene rings is 2. The summed E-state index contributed by atoms with van der Waals surface area (Å²) in [6.45, 7) is 4.46. The molecule has 5 rings (SSSR count). The lowest BCUT2D eigenvalue weighted by Crippen LogP contribution is -2.30. The fourth-order valence-electron chi connectivity index (χ4n) is 4.34. The maximum Gasteiger partial charge on any atom is 0.516 e. The van der Waals surface area contributed by atoms with Crippen LogP contribution in [0.15, 0.2) is 73.2 Å². The molecule has 2 aromatic heterocycles. The number of aromatic nitrogens is 3. The zero-order chi connectivity index (χ0) is 28.2. The third-order valence-electron chi connectivity index (χ3n) is 6.20. The predicted octanol–water partition coefficient (Wildman–Crippen LogP) is 6.23. The molecule has 0 amide bonds. The van der Waals surface area contributed by atoms with Crippen LogP contribution in [0.25, 0.3) is 22.3 Å². The quantitative estimate of drug-likeness (QED) is 0.303. The van der Waals surface area contributed by atoms with Crippen LogP contribution >= 0.6 is 0 Å². The summed E-state index contributed by atoms with van der Waals surface area (Å²) in [6, 6.07) is 15.3. The molecule has 4 aromatic rings. The Morgan fingerprint density at radius 3 is 2.44 bits per heavy atom. The summed E-state index contributed by atoms with van der Waals surface area (Å²) in [5, 5.41) is 4.18. The second-order valence-corrected chi connectivity index (χ2v) is 10.6. The van der Waals surface area contributed by atoms with E-state index >= 15 is 0 Å². The van der Waals surface area contributed by atoms with Gasteiger partial charge in [0.05, 0.1) is 18.5 Å². The fourth-order valence-corrected chi connectivity index (χ4v) is 4.93. The summed E-state index contributed by atoms with van der Waals surface area (Å²) in [5.41, 5.74) is -0.788. The van der Waals surface area contributed by atoms with Gasteiger partial charge in [0.2, 0.25) is 0 Å². The molecule has 1 aliphatic heterocycles. The van der Waals surface area contributed by atoms with Crippen molar-refractivity contribution < 1.29 is 26.3 Å². The molecular weight excluding hydrogens is 529 g/mol. The molecule has 2 aromatic carbocycles. The van der Waals surface area contributed by atoms with E-state index in [1.165, 1.54) is 12.1 Å². The summed E-state index contributed by atoms with van der Waals surface area (Å²) in [6.07, 6.45) is 7.04. The molecule has 1 N–H and O–H groups in total. The monoisotopic (exact) mass is 558 g/mol. The third kappa shape index (κ3) is 6.42. The van der Waals surface area contributed by atoms with E-state index in [1.807, 2.05) is 51.5 Å². The molecule has 0 radical (unpaired) electrons. The van der Waals surface area contributed by atoms with Gasteiger partial charge in [-0.1, -0.05) is 50.2 Å². The number of aryl methyl sites for hydroxylation is 1. The van der Waals surface area contributed by atoms with E-state index in [4.69, 9.17) is 4.74 Å². The lowest BCUT2D eigenvalue weighted by atomic mass is 9.91. The zero-order valence-electron chi connectivity index (χ0n) is 21.7. The van der Waals surface area contributed by atoms with Crippen molar-refractivity contribution in [1.82, 2.24) is 14.8 Å². The Balaban J connectivity index is 0.00000172. The number of hydrogen-bond donors (Lipinski definition) is 1. The number of nitrogens with zero attached hydrogens (tertiary/aromatic N) is 3. The summed E-state index contributed by atoms with van der Waals surface area (Å²) < 4.78 is 71.4. The topological polar surface area (TPSA) is 86.1 Å². The van der Waals surface area contributed by atoms with Gasteiger partial charge in [0.1, 0.15) is 5.75 Å². The molecule has 0 saturated carbocycles. The van der Waals surface area contributed by atoms with E-state index in [2.05, 4.69) is 10.1 Å². The summed E-state index contributed by atoms with van der Waals surface area (Å²) in [7, 11) is -3.68. The zero-order valence-corrected chi connectivity index (χ0v) is 22.6. The average Bonchev–Trinajstić information content (AvgIpc) is 3.35. The smallest absolute Gasteiger partial charge is 0.493 e. The molecule has 0 spiro atoms. The van der Waals surface area contributed by atoms with Gasteiger partial charge in [0.15, 0.2) is 0 Å². The Kier molecular flexibility index (Phi) is 8.29. The fraction of sp³-hybridized carbons (Fsp3) is 0.286. The summed E-state index contributed by atoms with van der Waals surface area (Å²) in [5.74, 6) is 0.836. The minimum absolute atomic E-state index is 0.158. The number of anilines is 1. The molecule has 3 heterocycles. The van der Waals surface area contributed by atoms with Gasteiger partial charge in [0.25, 0.3) is 0 Å². The third-order valence-corrected chi connectivity index (χ3v) is 7.30. The first-order valence-corrected chi connectivity index (χ1v) is 14.0.